The van der Waals surface area contributed by atoms with E-state index in [9.17, 15) is 9.59 Å². The molecule has 0 spiro atoms. The molecule has 2 heterocycles. The molecule has 1 aromatic heterocycles. The molecular weight excluding hydrogens is 340 g/mol. The maximum absolute atomic E-state index is 12.1. The van der Waals surface area contributed by atoms with Crippen LogP contribution in [-0.4, -0.2) is 29.8 Å². The average molecular weight is 359 g/mol. The smallest absolute Gasteiger partial charge is 0.222 e. The molecule has 1 aliphatic heterocycles. The minimum Gasteiger partial charge on any atom is -0.369 e. The number of nitrogens with zero attached hydrogens (tertiary/aromatic N) is 1. The highest BCUT2D eigenvalue weighted by Gasteiger charge is 2.25. The fourth-order valence-corrected chi connectivity index (χ4v) is 4.00. The van der Waals surface area contributed by atoms with Gasteiger partial charge in [0.25, 0.3) is 0 Å². The largest absolute Gasteiger partial charge is 0.369 e. The second-order valence-corrected chi connectivity index (χ2v) is 7.66. The zero-order chi connectivity index (χ0) is 14.5. The highest BCUT2D eigenvalue weighted by Crippen LogP contribution is 2.24. The molecule has 1 aromatic rings. The SMILES string of the molecule is NC(=O)C1CCN(C(=O)CCCc2ccc(Br)s2)CC1. The number of hydrogen-bond donors (Lipinski definition) is 1. The lowest BCUT2D eigenvalue weighted by Crippen LogP contribution is -2.41. The Bertz CT molecular complexity index is 481. The summed E-state index contributed by atoms with van der Waals surface area (Å²) in [6.45, 7) is 1.33. The van der Waals surface area contributed by atoms with Gasteiger partial charge in [0, 0.05) is 30.3 Å². The first-order chi connectivity index (χ1) is 9.56. The average Bonchev–Trinajstić information content (AvgIpc) is 2.84. The standard InChI is InChI=1S/C14H19BrN2O2S/c15-12-5-4-11(20-12)2-1-3-13(18)17-8-6-10(7-9-17)14(16)19/h4-5,10H,1-3,6-9H2,(H2,16,19). The molecule has 2 rings (SSSR count). The fourth-order valence-electron chi connectivity index (χ4n) is 2.47. The number of carbonyl (C=O) groups is 2. The third kappa shape index (κ3) is 4.31. The van der Waals surface area contributed by atoms with Crippen LogP contribution in [0.25, 0.3) is 0 Å². The van der Waals surface area contributed by atoms with Crippen molar-refractivity contribution in [3.05, 3.63) is 20.8 Å². The van der Waals surface area contributed by atoms with Gasteiger partial charge in [0.2, 0.25) is 11.8 Å². The van der Waals surface area contributed by atoms with Gasteiger partial charge in [-0.15, -0.1) is 11.3 Å². The lowest BCUT2D eigenvalue weighted by molar-refractivity contribution is -0.134. The van der Waals surface area contributed by atoms with E-state index in [2.05, 4.69) is 22.0 Å². The molecule has 1 fully saturated rings. The molecule has 2 N–H and O–H groups in total. The summed E-state index contributed by atoms with van der Waals surface area (Å²) in [5, 5.41) is 0. The van der Waals surface area contributed by atoms with E-state index in [-0.39, 0.29) is 17.7 Å². The molecule has 4 nitrogen and oxygen atoms in total. The van der Waals surface area contributed by atoms with E-state index in [1.165, 1.54) is 4.88 Å². The van der Waals surface area contributed by atoms with Crippen molar-refractivity contribution in [3.8, 4) is 0 Å². The van der Waals surface area contributed by atoms with E-state index in [0.29, 0.717) is 32.4 Å². The Morgan fingerprint density at radius 2 is 2.05 bits per heavy atom. The number of likely N-dealkylation sites (tertiary alicyclic amines) is 1. The topological polar surface area (TPSA) is 63.4 Å². The number of halogens is 1. The van der Waals surface area contributed by atoms with E-state index in [1.807, 2.05) is 11.0 Å². The van der Waals surface area contributed by atoms with Crippen LogP contribution in [0, 0.1) is 5.92 Å². The molecule has 6 heteroatoms. The quantitative estimate of drug-likeness (QED) is 0.878. The molecule has 2 amide bonds. The van der Waals surface area contributed by atoms with Crippen molar-refractivity contribution >= 4 is 39.1 Å². The lowest BCUT2D eigenvalue weighted by Gasteiger charge is -2.30. The number of primary amides is 1. The molecule has 1 aliphatic rings. The molecule has 0 aromatic carbocycles. The first kappa shape index (κ1) is 15.5. The van der Waals surface area contributed by atoms with Crippen LogP contribution in [0.2, 0.25) is 0 Å². The number of nitrogens with two attached hydrogens (primary N) is 1. The van der Waals surface area contributed by atoms with Crippen LogP contribution in [0.4, 0.5) is 0 Å². The lowest BCUT2D eigenvalue weighted by atomic mass is 9.96. The molecule has 0 saturated carbocycles. The summed E-state index contributed by atoms with van der Waals surface area (Å²) in [6.07, 6.45) is 3.82. The summed E-state index contributed by atoms with van der Waals surface area (Å²) in [5.41, 5.74) is 5.29. The van der Waals surface area contributed by atoms with Crippen LogP contribution in [0.1, 0.15) is 30.6 Å². The summed E-state index contributed by atoms with van der Waals surface area (Å²) >= 11 is 5.16. The highest BCUT2D eigenvalue weighted by molar-refractivity contribution is 9.11. The maximum Gasteiger partial charge on any atom is 0.222 e. The van der Waals surface area contributed by atoms with Gasteiger partial charge in [0.05, 0.1) is 3.79 Å². The van der Waals surface area contributed by atoms with E-state index < -0.39 is 0 Å². The van der Waals surface area contributed by atoms with Gasteiger partial charge >= 0.3 is 0 Å². The van der Waals surface area contributed by atoms with Crippen LogP contribution in [-0.2, 0) is 16.0 Å². The van der Waals surface area contributed by atoms with Gasteiger partial charge in [-0.2, -0.15) is 0 Å². The van der Waals surface area contributed by atoms with E-state index in [4.69, 9.17) is 5.73 Å². The van der Waals surface area contributed by atoms with Crippen LogP contribution in [0.3, 0.4) is 0 Å². The van der Waals surface area contributed by atoms with Crippen molar-refractivity contribution < 1.29 is 9.59 Å². The predicted octanol–water partition coefficient (Wildman–Crippen LogP) is 2.56. The number of thiophene rings is 1. The molecule has 0 radical (unpaired) electrons. The van der Waals surface area contributed by atoms with Crippen molar-refractivity contribution in [2.45, 2.75) is 32.1 Å². The highest BCUT2D eigenvalue weighted by atomic mass is 79.9. The third-order valence-corrected chi connectivity index (χ3v) is 5.38. The van der Waals surface area contributed by atoms with E-state index >= 15 is 0 Å². The molecule has 20 heavy (non-hydrogen) atoms. The Labute approximate surface area is 131 Å². The summed E-state index contributed by atoms with van der Waals surface area (Å²) in [6, 6.07) is 4.13. The molecule has 0 unspecified atom stereocenters. The Kier molecular flexibility index (Phi) is 5.60. The number of aryl methyl sites for hydroxylation is 1. The molecular formula is C14H19BrN2O2S. The molecule has 1 saturated heterocycles. The van der Waals surface area contributed by atoms with Gasteiger partial charge in [0.1, 0.15) is 0 Å². The maximum atomic E-state index is 12.1. The summed E-state index contributed by atoms with van der Waals surface area (Å²) in [7, 11) is 0. The van der Waals surface area contributed by atoms with Crippen LogP contribution in [0.15, 0.2) is 15.9 Å². The third-order valence-electron chi connectivity index (χ3n) is 3.69. The van der Waals surface area contributed by atoms with Gasteiger partial charge in [-0.3, -0.25) is 9.59 Å². The predicted molar refractivity (Wildman–Crippen MR) is 83.5 cm³/mol. The molecule has 110 valence electrons. The minimum absolute atomic E-state index is 0.0532. The number of hydrogen-bond acceptors (Lipinski definition) is 3. The summed E-state index contributed by atoms with van der Waals surface area (Å²) in [4.78, 5) is 26.3. The second kappa shape index (κ2) is 7.22. The Balaban J connectivity index is 1.69. The van der Waals surface area contributed by atoms with E-state index in [0.717, 1.165) is 16.6 Å². The summed E-state index contributed by atoms with van der Waals surface area (Å²) < 4.78 is 1.13. The van der Waals surface area contributed by atoms with Gasteiger partial charge in [-0.25, -0.2) is 0 Å². The van der Waals surface area contributed by atoms with Crippen molar-refractivity contribution in [1.29, 1.82) is 0 Å². The zero-order valence-corrected chi connectivity index (χ0v) is 13.7. The first-order valence-corrected chi connectivity index (χ1v) is 8.48. The van der Waals surface area contributed by atoms with Crippen molar-refractivity contribution in [1.82, 2.24) is 4.90 Å². The van der Waals surface area contributed by atoms with Gasteiger partial charge in [0.15, 0.2) is 0 Å². The van der Waals surface area contributed by atoms with Gasteiger partial charge < -0.3 is 10.6 Å². The summed E-state index contributed by atoms with van der Waals surface area (Å²) in [5.74, 6) is -0.0913. The van der Waals surface area contributed by atoms with Gasteiger partial charge in [-0.1, -0.05) is 0 Å². The first-order valence-electron chi connectivity index (χ1n) is 6.87. The number of carbonyl (C=O) groups excluding carboxylic acids is 2. The number of amides is 2. The molecule has 0 atom stereocenters. The Morgan fingerprint density at radius 1 is 1.35 bits per heavy atom. The normalized spacial score (nSPS) is 16.4. The zero-order valence-electron chi connectivity index (χ0n) is 11.3. The van der Waals surface area contributed by atoms with Crippen LogP contribution in [0.5, 0.6) is 0 Å². The monoisotopic (exact) mass is 358 g/mol. The van der Waals surface area contributed by atoms with Crippen molar-refractivity contribution in [2.24, 2.45) is 11.7 Å². The molecule has 0 bridgehead atoms. The number of piperidine rings is 1. The fraction of sp³-hybridized carbons (Fsp3) is 0.571. The van der Waals surface area contributed by atoms with Crippen molar-refractivity contribution in [2.75, 3.05) is 13.1 Å². The molecule has 0 aliphatic carbocycles. The Hall–Kier alpha value is -0.880. The Morgan fingerprint density at radius 3 is 2.60 bits per heavy atom. The number of rotatable bonds is 5. The van der Waals surface area contributed by atoms with E-state index in [1.54, 1.807) is 11.3 Å². The van der Waals surface area contributed by atoms with Crippen LogP contribution < -0.4 is 5.73 Å². The van der Waals surface area contributed by atoms with Crippen molar-refractivity contribution in [3.63, 3.8) is 0 Å². The second-order valence-electron chi connectivity index (χ2n) is 5.12. The van der Waals surface area contributed by atoms with Crippen LogP contribution >= 0.6 is 27.3 Å². The van der Waals surface area contributed by atoms with Gasteiger partial charge in [-0.05, 0) is 53.7 Å². The minimum atomic E-state index is -0.236.